The monoisotopic (exact) mass is 510 g/mol. The summed E-state index contributed by atoms with van der Waals surface area (Å²) in [6.45, 7) is 1.89. The molecule has 2 aliphatic heterocycles. The smallest absolute Gasteiger partial charge is 0.251 e. The summed E-state index contributed by atoms with van der Waals surface area (Å²) in [6.07, 6.45) is 5.05. The number of amides is 4. The van der Waals surface area contributed by atoms with Crippen molar-refractivity contribution in [2.45, 2.75) is 51.0 Å². The molecule has 0 aliphatic carbocycles. The minimum Gasteiger partial charge on any atom is -0.341 e. The second-order valence-corrected chi connectivity index (χ2v) is 9.66. The molecule has 4 rings (SSSR count). The molecular weight excluding hydrogens is 480 g/mol. The standard InChI is InChI=1S/C27H31ClN4O4/c28-20-9-11-21(12-10-20)29-24(33)18-23(27(36)31-15-3-1-4-16-31)30-26(35)19-7-13-22(14-8-19)32-17-5-2-6-25(32)34/h7-14,23H,1-6,15-18H2,(H,29,33)(H,30,35). The van der Waals surface area contributed by atoms with Crippen LogP contribution in [0.4, 0.5) is 11.4 Å². The first-order chi connectivity index (χ1) is 17.4. The lowest BCUT2D eigenvalue weighted by molar-refractivity contribution is -0.135. The molecule has 4 amide bonds. The summed E-state index contributed by atoms with van der Waals surface area (Å²) in [5, 5.41) is 6.08. The number of carbonyl (C=O) groups is 4. The number of carbonyl (C=O) groups excluding carboxylic acids is 4. The van der Waals surface area contributed by atoms with Crippen LogP contribution in [0.3, 0.4) is 0 Å². The Balaban J connectivity index is 1.45. The van der Waals surface area contributed by atoms with Crippen molar-refractivity contribution in [3.63, 3.8) is 0 Å². The van der Waals surface area contributed by atoms with Gasteiger partial charge in [-0.1, -0.05) is 11.6 Å². The van der Waals surface area contributed by atoms with Crippen LogP contribution in [0.2, 0.25) is 5.02 Å². The van der Waals surface area contributed by atoms with Crippen LogP contribution in [0.25, 0.3) is 0 Å². The normalized spacial score (nSPS) is 16.9. The molecule has 36 heavy (non-hydrogen) atoms. The summed E-state index contributed by atoms with van der Waals surface area (Å²) in [6, 6.07) is 12.5. The Bertz CT molecular complexity index is 1100. The lowest BCUT2D eigenvalue weighted by Crippen LogP contribution is -2.51. The third-order valence-corrected chi connectivity index (χ3v) is 6.81. The zero-order valence-corrected chi connectivity index (χ0v) is 20.9. The average Bonchev–Trinajstić information content (AvgIpc) is 2.90. The molecule has 0 saturated carbocycles. The van der Waals surface area contributed by atoms with E-state index in [0.29, 0.717) is 42.3 Å². The van der Waals surface area contributed by atoms with Crippen LogP contribution >= 0.6 is 11.6 Å². The van der Waals surface area contributed by atoms with E-state index in [9.17, 15) is 19.2 Å². The molecule has 2 N–H and O–H groups in total. The number of anilines is 2. The van der Waals surface area contributed by atoms with Gasteiger partial charge in [0.1, 0.15) is 6.04 Å². The van der Waals surface area contributed by atoms with E-state index in [-0.39, 0.29) is 24.1 Å². The number of likely N-dealkylation sites (tertiary alicyclic amines) is 1. The number of halogens is 1. The third kappa shape index (κ3) is 6.63. The molecule has 0 spiro atoms. The van der Waals surface area contributed by atoms with E-state index < -0.39 is 11.9 Å². The van der Waals surface area contributed by atoms with Crippen molar-refractivity contribution < 1.29 is 19.2 Å². The molecule has 190 valence electrons. The van der Waals surface area contributed by atoms with Gasteiger partial charge in [-0.15, -0.1) is 0 Å². The minimum atomic E-state index is -0.994. The van der Waals surface area contributed by atoms with Gasteiger partial charge in [0.15, 0.2) is 0 Å². The zero-order chi connectivity index (χ0) is 25.5. The van der Waals surface area contributed by atoms with E-state index >= 15 is 0 Å². The summed E-state index contributed by atoms with van der Waals surface area (Å²) in [5.74, 6) is -1.00. The summed E-state index contributed by atoms with van der Waals surface area (Å²) < 4.78 is 0. The SMILES string of the molecule is O=C(CC(NC(=O)c1ccc(N2CCCCC2=O)cc1)C(=O)N1CCCCC1)Nc1ccc(Cl)cc1. The predicted molar refractivity (Wildman–Crippen MR) is 139 cm³/mol. The highest BCUT2D eigenvalue weighted by Gasteiger charge is 2.29. The quantitative estimate of drug-likeness (QED) is 0.588. The average molecular weight is 511 g/mol. The molecule has 2 aromatic carbocycles. The highest BCUT2D eigenvalue weighted by Crippen LogP contribution is 2.22. The van der Waals surface area contributed by atoms with Gasteiger partial charge in [-0.2, -0.15) is 0 Å². The molecule has 2 heterocycles. The highest BCUT2D eigenvalue weighted by atomic mass is 35.5. The summed E-state index contributed by atoms with van der Waals surface area (Å²) in [7, 11) is 0. The van der Waals surface area contributed by atoms with Gasteiger partial charge in [0.25, 0.3) is 5.91 Å². The Labute approximate surface area is 216 Å². The Morgan fingerprint density at radius 3 is 2.19 bits per heavy atom. The second kappa shape index (κ2) is 12.0. The fourth-order valence-electron chi connectivity index (χ4n) is 4.58. The van der Waals surface area contributed by atoms with Gasteiger partial charge in [0.05, 0.1) is 6.42 Å². The van der Waals surface area contributed by atoms with E-state index in [1.165, 1.54) is 0 Å². The number of nitrogens with one attached hydrogen (secondary N) is 2. The predicted octanol–water partition coefficient (Wildman–Crippen LogP) is 4.00. The number of rotatable bonds is 7. The minimum absolute atomic E-state index is 0.0809. The zero-order valence-electron chi connectivity index (χ0n) is 20.2. The molecular formula is C27H31ClN4O4. The number of hydrogen-bond donors (Lipinski definition) is 2. The fourth-order valence-corrected chi connectivity index (χ4v) is 4.70. The Morgan fingerprint density at radius 1 is 0.861 bits per heavy atom. The first kappa shape index (κ1) is 25.7. The summed E-state index contributed by atoms with van der Waals surface area (Å²) >= 11 is 5.91. The lowest BCUT2D eigenvalue weighted by atomic mass is 10.1. The molecule has 0 aromatic heterocycles. The first-order valence-corrected chi connectivity index (χ1v) is 12.8. The van der Waals surface area contributed by atoms with Gasteiger partial charge >= 0.3 is 0 Å². The maximum Gasteiger partial charge on any atom is 0.251 e. The van der Waals surface area contributed by atoms with Crippen LogP contribution in [0.5, 0.6) is 0 Å². The van der Waals surface area contributed by atoms with E-state index in [1.54, 1.807) is 58.3 Å². The van der Waals surface area contributed by atoms with Gasteiger partial charge in [-0.3, -0.25) is 19.2 Å². The van der Waals surface area contributed by atoms with Crippen LogP contribution in [0.15, 0.2) is 48.5 Å². The second-order valence-electron chi connectivity index (χ2n) is 9.22. The van der Waals surface area contributed by atoms with Gasteiger partial charge in [0.2, 0.25) is 17.7 Å². The van der Waals surface area contributed by atoms with Crippen LogP contribution in [-0.4, -0.2) is 54.2 Å². The maximum absolute atomic E-state index is 13.3. The molecule has 2 aliphatic rings. The molecule has 1 unspecified atom stereocenters. The Kier molecular flexibility index (Phi) is 8.59. The van der Waals surface area contributed by atoms with E-state index in [0.717, 1.165) is 37.8 Å². The third-order valence-electron chi connectivity index (χ3n) is 6.55. The van der Waals surface area contributed by atoms with Gasteiger partial charge in [-0.25, -0.2) is 0 Å². The van der Waals surface area contributed by atoms with Crippen LogP contribution in [0.1, 0.15) is 55.3 Å². The van der Waals surface area contributed by atoms with Crippen molar-refractivity contribution in [1.82, 2.24) is 10.2 Å². The Morgan fingerprint density at radius 2 is 1.53 bits per heavy atom. The van der Waals surface area contributed by atoms with Crippen molar-refractivity contribution in [3.05, 3.63) is 59.1 Å². The molecule has 0 bridgehead atoms. The molecule has 9 heteroatoms. The van der Waals surface area contributed by atoms with E-state index in [4.69, 9.17) is 11.6 Å². The number of benzene rings is 2. The molecule has 8 nitrogen and oxygen atoms in total. The van der Waals surface area contributed by atoms with E-state index in [1.807, 2.05) is 0 Å². The number of nitrogens with zero attached hydrogens (tertiary/aromatic N) is 2. The van der Waals surface area contributed by atoms with Gasteiger partial charge in [-0.05, 0) is 80.6 Å². The molecule has 2 fully saturated rings. The van der Waals surface area contributed by atoms with Crippen LogP contribution in [0, 0.1) is 0 Å². The first-order valence-electron chi connectivity index (χ1n) is 12.5. The highest BCUT2D eigenvalue weighted by molar-refractivity contribution is 6.30. The van der Waals surface area contributed by atoms with Crippen molar-refractivity contribution >= 4 is 46.6 Å². The molecule has 2 saturated heterocycles. The summed E-state index contributed by atoms with van der Waals surface area (Å²) in [5.41, 5.74) is 1.67. The van der Waals surface area contributed by atoms with Crippen molar-refractivity contribution in [2.75, 3.05) is 29.9 Å². The maximum atomic E-state index is 13.3. The van der Waals surface area contributed by atoms with E-state index in [2.05, 4.69) is 10.6 Å². The molecule has 1 atom stereocenters. The van der Waals surface area contributed by atoms with Gasteiger partial charge < -0.3 is 20.4 Å². The summed E-state index contributed by atoms with van der Waals surface area (Å²) in [4.78, 5) is 54.7. The van der Waals surface area contributed by atoms with Crippen molar-refractivity contribution in [1.29, 1.82) is 0 Å². The van der Waals surface area contributed by atoms with Crippen molar-refractivity contribution in [3.8, 4) is 0 Å². The fraction of sp³-hybridized carbons (Fsp3) is 0.407. The van der Waals surface area contributed by atoms with Gasteiger partial charge in [0, 0.05) is 48.0 Å². The molecule has 2 aromatic rings. The van der Waals surface area contributed by atoms with Crippen LogP contribution in [-0.2, 0) is 14.4 Å². The largest absolute Gasteiger partial charge is 0.341 e. The van der Waals surface area contributed by atoms with Crippen molar-refractivity contribution in [2.24, 2.45) is 0 Å². The topological polar surface area (TPSA) is 98.8 Å². The molecule has 0 radical (unpaired) electrons. The number of piperidine rings is 2. The Hall–Kier alpha value is -3.39. The number of hydrogen-bond acceptors (Lipinski definition) is 4. The van der Waals surface area contributed by atoms with Crippen LogP contribution < -0.4 is 15.5 Å². The lowest BCUT2D eigenvalue weighted by Gasteiger charge is -2.30.